The van der Waals surface area contributed by atoms with E-state index in [4.69, 9.17) is 0 Å². The summed E-state index contributed by atoms with van der Waals surface area (Å²) < 4.78 is 16.4. The summed E-state index contributed by atoms with van der Waals surface area (Å²) in [4.78, 5) is 0. The summed E-state index contributed by atoms with van der Waals surface area (Å²) in [7, 11) is 10.8. The quantitative estimate of drug-likeness (QED) is 0.104. The Morgan fingerprint density at radius 2 is 0.935 bits per heavy atom. The highest BCUT2D eigenvalue weighted by molar-refractivity contribution is 5.48. The lowest BCUT2D eigenvalue weighted by Crippen LogP contribution is -2.42. The van der Waals surface area contributed by atoms with Crippen molar-refractivity contribution in [1.82, 2.24) is 0 Å². The largest absolute Gasteiger partial charge is 0.507 e. The Labute approximate surface area is 276 Å². The van der Waals surface area contributed by atoms with Crippen molar-refractivity contribution in [2.45, 2.75) is 46.2 Å². The van der Waals surface area contributed by atoms with Gasteiger partial charge in [-0.3, -0.25) is 4.48 Å². The molecule has 0 aliphatic carbocycles. The van der Waals surface area contributed by atoms with Gasteiger partial charge in [0.2, 0.25) is 6.80 Å². The van der Waals surface area contributed by atoms with E-state index in [9.17, 15) is 9.50 Å². The number of hydrogen-bond donors (Lipinski definition) is 1. The summed E-state index contributed by atoms with van der Waals surface area (Å²) in [6.45, 7) is 13.3. The maximum absolute atomic E-state index is 14.8. The molecule has 0 aromatic heterocycles. The molecule has 5 heteroatoms. The number of rotatable bonds is 15. The monoisotopic (exact) mass is 622 g/mol. The molecule has 1 atom stereocenters. The van der Waals surface area contributed by atoms with Gasteiger partial charge in [0.1, 0.15) is 45.0 Å². The van der Waals surface area contributed by atoms with Gasteiger partial charge in [0, 0.05) is 33.4 Å². The molecule has 4 aromatic carbocycles. The van der Waals surface area contributed by atoms with Crippen LogP contribution in [0.3, 0.4) is 0 Å². The molecular formula is C41H53FN3O+3. The highest BCUT2D eigenvalue weighted by atomic mass is 19.1. The van der Waals surface area contributed by atoms with E-state index in [1.165, 1.54) is 16.7 Å². The van der Waals surface area contributed by atoms with E-state index in [0.717, 1.165) is 46.5 Å². The maximum atomic E-state index is 14.8. The Morgan fingerprint density at radius 1 is 0.565 bits per heavy atom. The summed E-state index contributed by atoms with van der Waals surface area (Å²) in [6.07, 6.45) is 3.68. The second kappa shape index (κ2) is 14.6. The number of quaternary nitrogens is 3. The van der Waals surface area contributed by atoms with Crippen molar-refractivity contribution in [3.63, 3.8) is 0 Å². The Hall–Kier alpha value is -4.03. The zero-order chi connectivity index (χ0) is 33.5. The van der Waals surface area contributed by atoms with Crippen molar-refractivity contribution in [1.29, 1.82) is 0 Å². The van der Waals surface area contributed by atoms with Crippen LogP contribution in [-0.4, -0.2) is 60.6 Å². The lowest BCUT2D eigenvalue weighted by Gasteiger charge is -2.34. The minimum absolute atomic E-state index is 0.215. The second-order valence-electron chi connectivity index (χ2n) is 14.7. The molecule has 46 heavy (non-hydrogen) atoms. The Morgan fingerprint density at radius 3 is 1.33 bits per heavy atom. The van der Waals surface area contributed by atoms with Crippen LogP contribution in [0, 0.1) is 6.92 Å². The van der Waals surface area contributed by atoms with E-state index in [1.807, 2.05) is 31.3 Å². The number of phenolic OH excluding ortho intramolecular Hbond substituents is 1. The van der Waals surface area contributed by atoms with Gasteiger partial charge in [0.15, 0.2) is 0 Å². The first-order chi connectivity index (χ1) is 21.7. The lowest BCUT2D eigenvalue weighted by atomic mass is 10.00. The van der Waals surface area contributed by atoms with Gasteiger partial charge < -0.3 is 14.1 Å². The fraction of sp³-hybridized carbons (Fsp3) is 0.317. The normalized spacial score (nSPS) is 13.3. The average Bonchev–Trinajstić information content (AvgIpc) is 3.00. The molecule has 0 saturated heterocycles. The summed E-state index contributed by atoms with van der Waals surface area (Å²) >= 11 is 0. The smallest absolute Gasteiger partial charge is 0.222 e. The van der Waals surface area contributed by atoms with Crippen molar-refractivity contribution in [2.75, 3.05) is 42.0 Å². The molecule has 0 aliphatic rings. The number of hydrogen-bond acceptors (Lipinski definition) is 1. The lowest BCUT2D eigenvalue weighted by molar-refractivity contribution is -0.946. The van der Waals surface area contributed by atoms with Crippen molar-refractivity contribution in [3.8, 4) is 5.75 Å². The molecule has 0 amide bonds. The van der Waals surface area contributed by atoms with Gasteiger partial charge in [-0.05, 0) is 30.2 Å². The summed E-state index contributed by atoms with van der Waals surface area (Å²) in [5.41, 5.74) is 9.81. The Balaban J connectivity index is 1.66. The van der Waals surface area contributed by atoms with Crippen LogP contribution in [0.1, 0.15) is 50.1 Å². The van der Waals surface area contributed by atoms with Crippen molar-refractivity contribution in [3.05, 3.63) is 148 Å². The third kappa shape index (κ3) is 9.73. The van der Waals surface area contributed by atoms with E-state index in [0.29, 0.717) is 40.9 Å². The molecular weight excluding hydrogens is 569 g/mol. The third-order valence-corrected chi connectivity index (χ3v) is 8.71. The van der Waals surface area contributed by atoms with Gasteiger partial charge in [-0.2, -0.15) is 4.39 Å². The fourth-order valence-corrected chi connectivity index (χ4v) is 6.42. The van der Waals surface area contributed by atoms with Crippen LogP contribution in [0.4, 0.5) is 4.39 Å². The molecule has 0 saturated carbocycles. The highest BCUT2D eigenvalue weighted by Gasteiger charge is 2.28. The first kappa shape index (κ1) is 34.8. The van der Waals surface area contributed by atoms with Crippen LogP contribution in [0.25, 0.3) is 12.2 Å². The van der Waals surface area contributed by atoms with Gasteiger partial charge >= 0.3 is 0 Å². The van der Waals surface area contributed by atoms with E-state index in [2.05, 4.69) is 121 Å². The van der Waals surface area contributed by atoms with E-state index in [1.54, 1.807) is 0 Å². The molecule has 4 rings (SSSR count). The molecule has 242 valence electrons. The van der Waals surface area contributed by atoms with Crippen LogP contribution in [0.15, 0.2) is 98.1 Å². The van der Waals surface area contributed by atoms with Gasteiger partial charge in [-0.1, -0.05) is 104 Å². The topological polar surface area (TPSA) is 20.2 Å². The van der Waals surface area contributed by atoms with Crippen LogP contribution in [0.2, 0.25) is 0 Å². The molecule has 0 aliphatic heterocycles. The molecule has 0 radical (unpaired) electrons. The second-order valence-corrected chi connectivity index (χ2v) is 14.7. The zero-order valence-corrected chi connectivity index (χ0v) is 28.8. The maximum Gasteiger partial charge on any atom is 0.222 e. The van der Waals surface area contributed by atoms with Gasteiger partial charge in [-0.15, -0.1) is 0 Å². The average molecular weight is 623 g/mol. The molecule has 0 fully saturated rings. The molecule has 4 nitrogen and oxygen atoms in total. The zero-order valence-electron chi connectivity index (χ0n) is 28.8. The van der Waals surface area contributed by atoms with E-state index < -0.39 is 6.80 Å². The molecule has 0 spiro atoms. The number of benzene rings is 4. The summed E-state index contributed by atoms with van der Waals surface area (Å²) in [5.74, 6) is 0.349. The minimum Gasteiger partial charge on any atom is -0.507 e. The molecule has 0 heterocycles. The van der Waals surface area contributed by atoms with Gasteiger partial charge in [0.25, 0.3) is 0 Å². The Kier molecular flexibility index (Phi) is 11.1. The molecule has 1 unspecified atom stereocenters. The highest BCUT2D eigenvalue weighted by Crippen LogP contribution is 2.32. The summed E-state index contributed by atoms with van der Waals surface area (Å²) in [6, 6.07) is 29.5. The number of aromatic hydroxyl groups is 1. The molecule has 1 N–H and O–H groups in total. The van der Waals surface area contributed by atoms with Crippen LogP contribution < -0.4 is 0 Å². The fourth-order valence-electron chi connectivity index (χ4n) is 6.42. The van der Waals surface area contributed by atoms with Crippen molar-refractivity contribution < 1.29 is 22.9 Å². The first-order valence-electron chi connectivity index (χ1n) is 16.1. The number of aryl methyl sites for hydroxylation is 1. The van der Waals surface area contributed by atoms with E-state index >= 15 is 0 Å². The number of phenols is 1. The third-order valence-electron chi connectivity index (χ3n) is 8.71. The Bertz CT molecular complexity index is 1620. The number of nitrogens with zero attached hydrogens (tertiary/aromatic N) is 3. The first-order valence-corrected chi connectivity index (χ1v) is 16.1. The standard InChI is InChI=1S/C41H52FN3O/c1-9-33-15-19-36(20-16-33)26-44(6,7)30-40-24-38(28-45(8,31-42)27-37-21-17-34(10-2)18-22-37)23-39(41(40)46)29-43(4,5)25-35-13-11-32(3)12-14-35/h9-24H,1-2,25-31H2,3-8H3/q+2/p+1. The van der Waals surface area contributed by atoms with Gasteiger partial charge in [0.05, 0.1) is 35.2 Å². The van der Waals surface area contributed by atoms with Crippen LogP contribution >= 0.6 is 0 Å². The predicted octanol–water partition coefficient (Wildman–Crippen LogP) is 8.61. The van der Waals surface area contributed by atoms with Crippen molar-refractivity contribution >= 4 is 12.2 Å². The molecule has 0 bridgehead atoms. The van der Waals surface area contributed by atoms with Gasteiger partial charge in [-0.25, -0.2) is 0 Å². The summed E-state index contributed by atoms with van der Waals surface area (Å²) in [5, 5.41) is 11.8. The SMILES string of the molecule is C=Cc1ccc(C[N+](C)(C)Cc2cc(C[N+](C)(CF)Cc3ccc(C=C)cc3)cc(C[N+](C)(C)Cc3ccc(C)cc3)c2O)cc1. The van der Waals surface area contributed by atoms with Crippen LogP contribution in [0.5, 0.6) is 5.75 Å². The van der Waals surface area contributed by atoms with Crippen molar-refractivity contribution in [2.24, 2.45) is 0 Å². The number of alkyl halides is 1. The number of halogens is 1. The predicted molar refractivity (Wildman–Crippen MR) is 191 cm³/mol. The van der Waals surface area contributed by atoms with E-state index in [-0.39, 0.29) is 4.48 Å². The van der Waals surface area contributed by atoms with Crippen LogP contribution in [-0.2, 0) is 39.3 Å². The molecule has 4 aromatic rings. The minimum atomic E-state index is -0.494.